The monoisotopic (exact) mass is 311 g/mol. The van der Waals surface area contributed by atoms with Gasteiger partial charge in [-0.15, -0.1) is 0 Å². The Balaban J connectivity index is 1.75. The van der Waals surface area contributed by atoms with Crippen LogP contribution in [0.2, 0.25) is 0 Å². The first-order chi connectivity index (χ1) is 10.7. The van der Waals surface area contributed by atoms with Gasteiger partial charge < -0.3 is 20.3 Å². The third-order valence-corrected chi connectivity index (χ3v) is 4.57. The van der Waals surface area contributed by atoms with Gasteiger partial charge in [0.05, 0.1) is 19.8 Å². The van der Waals surface area contributed by atoms with Crippen LogP contribution < -0.4 is 10.6 Å². The van der Waals surface area contributed by atoms with Crippen LogP contribution >= 0.6 is 0 Å². The van der Waals surface area contributed by atoms with Crippen molar-refractivity contribution in [2.24, 2.45) is 10.9 Å². The van der Waals surface area contributed by atoms with Crippen LogP contribution in [-0.2, 0) is 4.74 Å². The summed E-state index contributed by atoms with van der Waals surface area (Å²) < 4.78 is 5.41. The molecule has 0 aromatic carbocycles. The third-order valence-electron chi connectivity index (χ3n) is 4.57. The fourth-order valence-corrected chi connectivity index (χ4v) is 3.13. The van der Waals surface area contributed by atoms with Gasteiger partial charge in [-0.2, -0.15) is 0 Å². The van der Waals surface area contributed by atoms with E-state index in [4.69, 9.17) is 9.73 Å². The molecule has 0 saturated carbocycles. The van der Waals surface area contributed by atoms with Gasteiger partial charge >= 0.3 is 0 Å². The number of hydrogen-bond donors (Lipinski definition) is 2. The highest BCUT2D eigenvalue weighted by Gasteiger charge is 2.20. The molecule has 2 saturated heterocycles. The molecule has 0 aromatic heterocycles. The fraction of sp³-hybridized carbons (Fsp3) is 0.938. The molecular formula is C16H33N5O. The molecule has 6 nitrogen and oxygen atoms in total. The van der Waals surface area contributed by atoms with Gasteiger partial charge in [0.15, 0.2) is 5.96 Å². The second kappa shape index (κ2) is 9.33. The average Bonchev–Trinajstić information content (AvgIpc) is 2.96. The van der Waals surface area contributed by atoms with Gasteiger partial charge in [0.2, 0.25) is 0 Å². The highest BCUT2D eigenvalue weighted by Crippen LogP contribution is 2.12. The van der Waals surface area contributed by atoms with Gasteiger partial charge in [-0.25, -0.2) is 0 Å². The molecule has 0 spiro atoms. The van der Waals surface area contributed by atoms with Crippen LogP contribution in [-0.4, -0.2) is 87.9 Å². The Bertz CT molecular complexity index is 343. The molecule has 2 atom stereocenters. The third kappa shape index (κ3) is 5.74. The van der Waals surface area contributed by atoms with Gasteiger partial charge in [0, 0.05) is 38.8 Å². The number of rotatable bonds is 6. The van der Waals surface area contributed by atoms with Crippen molar-refractivity contribution in [2.75, 3.05) is 66.1 Å². The molecule has 22 heavy (non-hydrogen) atoms. The van der Waals surface area contributed by atoms with Crippen molar-refractivity contribution >= 4 is 5.96 Å². The Labute approximate surface area is 135 Å². The second-order valence-corrected chi connectivity index (χ2v) is 6.51. The lowest BCUT2D eigenvalue weighted by molar-refractivity contribution is 0.0220. The predicted octanol–water partition coefficient (Wildman–Crippen LogP) is 0.214. The molecular weight excluding hydrogens is 278 g/mol. The maximum atomic E-state index is 5.41. The number of likely N-dealkylation sites (tertiary alicyclic amines) is 1. The first-order valence-electron chi connectivity index (χ1n) is 8.71. The molecule has 2 N–H and O–H groups in total. The average molecular weight is 311 g/mol. The summed E-state index contributed by atoms with van der Waals surface area (Å²) in [5, 5.41) is 6.87. The molecule has 0 bridgehead atoms. The summed E-state index contributed by atoms with van der Waals surface area (Å²) in [6, 6.07) is 0.469. The summed E-state index contributed by atoms with van der Waals surface area (Å²) in [5.74, 6) is 1.70. The first-order valence-corrected chi connectivity index (χ1v) is 8.71. The van der Waals surface area contributed by atoms with Gasteiger partial charge in [0.1, 0.15) is 0 Å². The van der Waals surface area contributed by atoms with E-state index < -0.39 is 0 Å². The molecule has 128 valence electrons. The molecule has 0 radical (unpaired) electrons. The molecule has 2 aliphatic rings. The fourth-order valence-electron chi connectivity index (χ4n) is 3.13. The Morgan fingerprint density at radius 1 is 1.27 bits per heavy atom. The summed E-state index contributed by atoms with van der Waals surface area (Å²) in [4.78, 5) is 9.63. The molecule has 0 aliphatic carbocycles. The van der Waals surface area contributed by atoms with E-state index in [1.807, 2.05) is 0 Å². The van der Waals surface area contributed by atoms with Crippen LogP contribution in [0.4, 0.5) is 0 Å². The Morgan fingerprint density at radius 3 is 2.68 bits per heavy atom. The molecule has 2 fully saturated rings. The van der Waals surface area contributed by atoms with Crippen LogP contribution in [0.15, 0.2) is 4.99 Å². The zero-order valence-electron chi connectivity index (χ0n) is 14.5. The van der Waals surface area contributed by atoms with Crippen molar-refractivity contribution in [3.63, 3.8) is 0 Å². The lowest BCUT2D eigenvalue weighted by Gasteiger charge is -2.31. The molecule has 0 aromatic rings. The highest BCUT2D eigenvalue weighted by molar-refractivity contribution is 5.79. The van der Waals surface area contributed by atoms with E-state index in [1.54, 1.807) is 0 Å². The normalized spacial score (nSPS) is 26.1. The number of aliphatic imine (C=N–C) groups is 1. The zero-order chi connectivity index (χ0) is 15.8. The van der Waals surface area contributed by atoms with E-state index in [0.29, 0.717) is 6.04 Å². The van der Waals surface area contributed by atoms with E-state index in [2.05, 4.69) is 41.3 Å². The molecule has 2 unspecified atom stereocenters. The minimum atomic E-state index is 0.469. The minimum absolute atomic E-state index is 0.469. The Morgan fingerprint density at radius 2 is 2.05 bits per heavy atom. The van der Waals surface area contributed by atoms with Crippen LogP contribution in [0.1, 0.15) is 20.3 Å². The predicted molar refractivity (Wildman–Crippen MR) is 91.4 cm³/mol. The summed E-state index contributed by atoms with van der Waals surface area (Å²) in [6.07, 6.45) is 1.28. The van der Waals surface area contributed by atoms with E-state index in [-0.39, 0.29) is 0 Å². The van der Waals surface area contributed by atoms with E-state index in [0.717, 1.165) is 57.8 Å². The van der Waals surface area contributed by atoms with Gasteiger partial charge in [-0.05, 0) is 39.8 Å². The van der Waals surface area contributed by atoms with Crippen molar-refractivity contribution < 1.29 is 4.74 Å². The smallest absolute Gasteiger partial charge is 0.191 e. The number of ether oxygens (including phenoxy) is 1. The molecule has 2 heterocycles. The van der Waals surface area contributed by atoms with Crippen LogP contribution in [0, 0.1) is 5.92 Å². The topological polar surface area (TPSA) is 52.1 Å². The highest BCUT2D eigenvalue weighted by atomic mass is 16.5. The number of nitrogens with zero attached hydrogens (tertiary/aromatic N) is 3. The lowest BCUT2D eigenvalue weighted by atomic mass is 10.1. The summed E-state index contributed by atoms with van der Waals surface area (Å²) in [6.45, 7) is 13.3. The maximum Gasteiger partial charge on any atom is 0.191 e. The van der Waals surface area contributed by atoms with Gasteiger partial charge in [-0.3, -0.25) is 9.89 Å². The van der Waals surface area contributed by atoms with Crippen molar-refractivity contribution in [3.05, 3.63) is 0 Å². The van der Waals surface area contributed by atoms with E-state index >= 15 is 0 Å². The van der Waals surface area contributed by atoms with Crippen molar-refractivity contribution in [1.29, 1.82) is 0 Å². The standard InChI is InChI=1S/C16H33N5O/c1-4-17-16(19-12-15-5-6-20(3)13-15)18-11-14(2)21-7-9-22-10-8-21/h14-15H,4-13H2,1-3H3,(H2,17,18,19). The Kier molecular flexibility index (Phi) is 7.42. The molecule has 2 aliphatic heterocycles. The quantitative estimate of drug-likeness (QED) is 0.543. The van der Waals surface area contributed by atoms with E-state index in [1.165, 1.54) is 19.5 Å². The second-order valence-electron chi connectivity index (χ2n) is 6.51. The van der Waals surface area contributed by atoms with Crippen molar-refractivity contribution in [3.8, 4) is 0 Å². The summed E-state index contributed by atoms with van der Waals surface area (Å²) in [7, 11) is 2.20. The van der Waals surface area contributed by atoms with E-state index in [9.17, 15) is 0 Å². The van der Waals surface area contributed by atoms with Crippen LogP contribution in [0.3, 0.4) is 0 Å². The SMILES string of the molecule is CCNC(=NCC(C)N1CCOCC1)NCC1CCN(C)C1. The molecule has 6 heteroatoms. The molecule has 0 amide bonds. The number of morpholine rings is 1. The van der Waals surface area contributed by atoms with Gasteiger partial charge in [0.25, 0.3) is 0 Å². The Hall–Kier alpha value is -0.850. The minimum Gasteiger partial charge on any atom is -0.379 e. The first kappa shape index (κ1) is 17.5. The number of nitrogens with one attached hydrogen (secondary N) is 2. The zero-order valence-corrected chi connectivity index (χ0v) is 14.5. The number of hydrogen-bond acceptors (Lipinski definition) is 4. The van der Waals surface area contributed by atoms with Gasteiger partial charge in [-0.1, -0.05) is 0 Å². The largest absolute Gasteiger partial charge is 0.379 e. The van der Waals surface area contributed by atoms with Crippen molar-refractivity contribution in [1.82, 2.24) is 20.4 Å². The van der Waals surface area contributed by atoms with Crippen LogP contribution in [0.25, 0.3) is 0 Å². The maximum absolute atomic E-state index is 5.41. The summed E-state index contributed by atoms with van der Waals surface area (Å²) in [5.41, 5.74) is 0. The van der Waals surface area contributed by atoms with Crippen LogP contribution in [0.5, 0.6) is 0 Å². The summed E-state index contributed by atoms with van der Waals surface area (Å²) >= 11 is 0. The molecule has 2 rings (SSSR count). The lowest BCUT2D eigenvalue weighted by Crippen LogP contribution is -2.45. The number of guanidine groups is 1. The van der Waals surface area contributed by atoms with Crippen molar-refractivity contribution in [2.45, 2.75) is 26.3 Å².